The number of aromatic nitrogens is 2. The van der Waals surface area contributed by atoms with Gasteiger partial charge in [0, 0.05) is 35.6 Å². The van der Waals surface area contributed by atoms with Crippen LogP contribution >= 0.6 is 0 Å². The molecule has 0 unspecified atom stereocenters. The number of pyridine rings is 1. The molecule has 4 rings (SSSR count). The highest BCUT2D eigenvalue weighted by Crippen LogP contribution is 2.27. The second-order valence-electron chi connectivity index (χ2n) is 6.32. The Hall–Kier alpha value is -2.87. The van der Waals surface area contributed by atoms with Gasteiger partial charge in [0.05, 0.1) is 0 Å². The number of nitrogens with zero attached hydrogens (tertiary/aromatic N) is 2. The van der Waals surface area contributed by atoms with E-state index in [0.29, 0.717) is 0 Å². The van der Waals surface area contributed by atoms with Crippen molar-refractivity contribution in [2.75, 3.05) is 0 Å². The monoisotopic (exact) mass is 313 g/mol. The lowest BCUT2D eigenvalue weighted by atomic mass is 10.0. The van der Waals surface area contributed by atoms with Gasteiger partial charge in [-0.2, -0.15) is 4.57 Å². The van der Waals surface area contributed by atoms with Crippen LogP contribution in [0.3, 0.4) is 0 Å². The van der Waals surface area contributed by atoms with Crippen LogP contribution in [0.15, 0.2) is 72.8 Å². The van der Waals surface area contributed by atoms with E-state index in [4.69, 9.17) is 0 Å². The van der Waals surface area contributed by atoms with Gasteiger partial charge in [0.1, 0.15) is 12.7 Å². The largest absolute Gasteiger partial charge is 0.339 e. The van der Waals surface area contributed by atoms with Crippen LogP contribution in [0.5, 0.6) is 0 Å². The van der Waals surface area contributed by atoms with Gasteiger partial charge in [-0.25, -0.2) is 0 Å². The minimum absolute atomic E-state index is 1.22. The molecular formula is C22H21N2+. The molecule has 0 saturated carbocycles. The van der Waals surface area contributed by atoms with E-state index in [0.717, 1.165) is 0 Å². The van der Waals surface area contributed by atoms with E-state index < -0.39 is 0 Å². The van der Waals surface area contributed by atoms with Gasteiger partial charge >= 0.3 is 0 Å². The molecule has 118 valence electrons. The average molecular weight is 313 g/mol. The molecule has 0 saturated heterocycles. The standard InChI is InChI=1S/C22H21N2/c1-16-9-4-6-11-18(16)20-13-8-14-21(24(20)3)22-15-17-10-5-7-12-19(17)23(22)2/h4-15H,1-3H3/q+1. The zero-order valence-corrected chi connectivity index (χ0v) is 14.3. The third kappa shape index (κ3) is 2.23. The third-order valence-corrected chi connectivity index (χ3v) is 4.87. The van der Waals surface area contributed by atoms with Crippen LogP contribution in [0, 0.1) is 6.92 Å². The summed E-state index contributed by atoms with van der Waals surface area (Å²) >= 11 is 0. The first kappa shape index (κ1) is 14.7. The molecule has 4 aromatic rings. The Morgan fingerprint density at radius 2 is 1.50 bits per heavy atom. The van der Waals surface area contributed by atoms with Crippen molar-refractivity contribution in [1.29, 1.82) is 0 Å². The molecule has 0 bridgehead atoms. The van der Waals surface area contributed by atoms with Crippen molar-refractivity contribution in [1.82, 2.24) is 4.57 Å². The van der Waals surface area contributed by atoms with E-state index in [1.165, 1.54) is 39.1 Å². The predicted octanol–water partition coefficient (Wildman–Crippen LogP) is 4.65. The Morgan fingerprint density at radius 1 is 0.792 bits per heavy atom. The van der Waals surface area contributed by atoms with E-state index in [9.17, 15) is 0 Å². The summed E-state index contributed by atoms with van der Waals surface area (Å²) < 4.78 is 4.56. The van der Waals surface area contributed by atoms with Gasteiger partial charge in [0.25, 0.3) is 0 Å². The fourth-order valence-corrected chi connectivity index (χ4v) is 3.51. The zero-order valence-electron chi connectivity index (χ0n) is 14.3. The maximum Gasteiger partial charge on any atom is 0.229 e. The summed E-state index contributed by atoms with van der Waals surface area (Å²) in [4.78, 5) is 0. The number of aryl methyl sites for hydroxylation is 2. The van der Waals surface area contributed by atoms with Gasteiger partial charge in [0.2, 0.25) is 11.4 Å². The Labute approximate surface area is 142 Å². The maximum absolute atomic E-state index is 2.29. The van der Waals surface area contributed by atoms with E-state index >= 15 is 0 Å². The molecule has 0 radical (unpaired) electrons. The molecule has 0 N–H and O–H groups in total. The second-order valence-corrected chi connectivity index (χ2v) is 6.32. The number of rotatable bonds is 2. The average Bonchev–Trinajstić information content (AvgIpc) is 2.93. The molecule has 0 atom stereocenters. The van der Waals surface area contributed by atoms with Gasteiger partial charge in [-0.05, 0) is 36.8 Å². The van der Waals surface area contributed by atoms with Crippen molar-refractivity contribution in [2.24, 2.45) is 14.1 Å². The summed E-state index contributed by atoms with van der Waals surface area (Å²) in [6, 6.07) is 25.9. The van der Waals surface area contributed by atoms with Crippen molar-refractivity contribution in [3.63, 3.8) is 0 Å². The van der Waals surface area contributed by atoms with Crippen LogP contribution in [-0.4, -0.2) is 4.57 Å². The van der Waals surface area contributed by atoms with Crippen molar-refractivity contribution in [3.05, 3.63) is 78.4 Å². The highest BCUT2D eigenvalue weighted by Gasteiger charge is 2.20. The Bertz CT molecular complexity index is 1040. The van der Waals surface area contributed by atoms with E-state index in [-0.39, 0.29) is 0 Å². The summed E-state index contributed by atoms with van der Waals surface area (Å²) in [7, 11) is 4.28. The van der Waals surface area contributed by atoms with Gasteiger partial charge in [-0.15, -0.1) is 0 Å². The minimum Gasteiger partial charge on any atom is -0.339 e. The molecule has 24 heavy (non-hydrogen) atoms. The van der Waals surface area contributed by atoms with Crippen LogP contribution in [0.25, 0.3) is 33.5 Å². The second kappa shape index (κ2) is 5.64. The first-order valence-corrected chi connectivity index (χ1v) is 8.26. The lowest BCUT2D eigenvalue weighted by Gasteiger charge is -2.08. The van der Waals surface area contributed by atoms with Crippen LogP contribution in [0.2, 0.25) is 0 Å². The number of para-hydroxylation sites is 1. The van der Waals surface area contributed by atoms with E-state index in [1.807, 2.05) is 0 Å². The Kier molecular flexibility index (Phi) is 3.46. The Morgan fingerprint density at radius 3 is 2.29 bits per heavy atom. The summed E-state index contributed by atoms with van der Waals surface area (Å²) in [6.07, 6.45) is 0. The predicted molar refractivity (Wildman–Crippen MR) is 99.7 cm³/mol. The summed E-state index contributed by atoms with van der Waals surface area (Å²) in [5.41, 5.74) is 7.51. The van der Waals surface area contributed by atoms with Crippen molar-refractivity contribution < 1.29 is 4.57 Å². The maximum atomic E-state index is 2.29. The lowest BCUT2D eigenvalue weighted by Crippen LogP contribution is -2.34. The van der Waals surface area contributed by atoms with Gasteiger partial charge in [-0.1, -0.05) is 36.4 Å². The molecule has 2 aromatic heterocycles. The highest BCUT2D eigenvalue weighted by atomic mass is 15.0. The van der Waals surface area contributed by atoms with E-state index in [1.54, 1.807) is 0 Å². The number of hydrogen-bond donors (Lipinski definition) is 0. The van der Waals surface area contributed by atoms with Crippen LogP contribution in [0.4, 0.5) is 0 Å². The fourth-order valence-electron chi connectivity index (χ4n) is 3.51. The minimum atomic E-state index is 1.22. The zero-order chi connectivity index (χ0) is 16.7. The Balaban J connectivity index is 1.95. The van der Waals surface area contributed by atoms with Crippen LogP contribution in [0.1, 0.15) is 5.56 Å². The molecule has 0 spiro atoms. The first-order valence-electron chi connectivity index (χ1n) is 8.26. The topological polar surface area (TPSA) is 8.81 Å². The number of fused-ring (bicyclic) bond motifs is 1. The lowest BCUT2D eigenvalue weighted by molar-refractivity contribution is -0.649. The quantitative estimate of drug-likeness (QED) is 0.477. The fraction of sp³-hybridized carbons (Fsp3) is 0.136. The summed E-state index contributed by atoms with van der Waals surface area (Å²) in [5.74, 6) is 0. The molecule has 0 fully saturated rings. The van der Waals surface area contributed by atoms with Crippen LogP contribution in [-0.2, 0) is 14.1 Å². The smallest absolute Gasteiger partial charge is 0.229 e. The SMILES string of the molecule is Cc1ccccc1-c1cccc(-c2cc3ccccc3n2C)[n+]1C. The first-order chi connectivity index (χ1) is 11.7. The van der Waals surface area contributed by atoms with Gasteiger partial charge < -0.3 is 4.57 Å². The van der Waals surface area contributed by atoms with Crippen LogP contribution < -0.4 is 4.57 Å². The summed E-state index contributed by atoms with van der Waals surface area (Å²) in [5, 5.41) is 1.27. The number of benzene rings is 2. The van der Waals surface area contributed by atoms with E-state index in [2.05, 4.69) is 103 Å². The third-order valence-electron chi connectivity index (χ3n) is 4.87. The number of hydrogen-bond acceptors (Lipinski definition) is 0. The molecule has 0 amide bonds. The molecule has 2 nitrogen and oxygen atoms in total. The van der Waals surface area contributed by atoms with Gasteiger partial charge in [0.15, 0.2) is 0 Å². The molecular weight excluding hydrogens is 292 g/mol. The van der Waals surface area contributed by atoms with Gasteiger partial charge in [-0.3, -0.25) is 0 Å². The molecule has 0 aliphatic carbocycles. The molecule has 0 aliphatic heterocycles. The van der Waals surface area contributed by atoms with Crippen molar-refractivity contribution >= 4 is 10.9 Å². The highest BCUT2D eigenvalue weighted by molar-refractivity contribution is 5.86. The normalized spacial score (nSPS) is 11.1. The molecule has 2 heterocycles. The van der Waals surface area contributed by atoms with Crippen molar-refractivity contribution in [3.8, 4) is 22.6 Å². The summed E-state index contributed by atoms with van der Waals surface area (Å²) in [6.45, 7) is 2.17. The molecule has 2 heteroatoms. The van der Waals surface area contributed by atoms with Crippen molar-refractivity contribution in [2.45, 2.75) is 6.92 Å². The molecule has 2 aromatic carbocycles. The molecule has 0 aliphatic rings.